The zero-order valence-electron chi connectivity index (χ0n) is 13.3. The van der Waals surface area contributed by atoms with Gasteiger partial charge in [0.1, 0.15) is 11.5 Å². The van der Waals surface area contributed by atoms with Crippen molar-refractivity contribution < 1.29 is 4.74 Å². The third kappa shape index (κ3) is 2.42. The van der Waals surface area contributed by atoms with Crippen LogP contribution < -0.4 is 4.74 Å². The Balaban J connectivity index is 1.95. The standard InChI is InChI=1S/C20H17BrCl2O/c1-2-15-19(14-6-5-13(22)11-17(14)23)24-18-10-12(21)4-7-16(18)20(15)8-3-9-20/h4-7,10-11H,2-3,8-9H2,1H3. The highest BCUT2D eigenvalue weighted by Gasteiger charge is 2.47. The second-order valence-electron chi connectivity index (χ2n) is 6.46. The molecule has 124 valence electrons. The van der Waals surface area contributed by atoms with Gasteiger partial charge in [0.25, 0.3) is 0 Å². The molecule has 24 heavy (non-hydrogen) atoms. The summed E-state index contributed by atoms with van der Waals surface area (Å²) >= 11 is 16.1. The largest absolute Gasteiger partial charge is 0.456 e. The molecule has 0 aromatic heterocycles. The highest BCUT2D eigenvalue weighted by Crippen LogP contribution is 2.58. The van der Waals surface area contributed by atoms with Gasteiger partial charge >= 0.3 is 0 Å². The maximum atomic E-state index is 6.49. The normalized spacial score (nSPS) is 18.2. The summed E-state index contributed by atoms with van der Waals surface area (Å²) in [5.74, 6) is 1.84. The van der Waals surface area contributed by atoms with Gasteiger partial charge in [0, 0.05) is 26.0 Å². The fourth-order valence-electron chi connectivity index (χ4n) is 4.02. The molecule has 0 N–H and O–H groups in total. The Kier molecular flexibility index (Phi) is 4.19. The van der Waals surface area contributed by atoms with E-state index in [4.69, 9.17) is 27.9 Å². The van der Waals surface area contributed by atoms with Crippen molar-refractivity contribution >= 4 is 44.9 Å². The van der Waals surface area contributed by atoms with Gasteiger partial charge in [-0.05, 0) is 55.2 Å². The van der Waals surface area contributed by atoms with Crippen LogP contribution in [0.3, 0.4) is 0 Å². The lowest BCUT2D eigenvalue weighted by atomic mass is 9.58. The molecule has 1 spiro atoms. The van der Waals surface area contributed by atoms with Crippen molar-refractivity contribution in [2.45, 2.75) is 38.0 Å². The Labute approximate surface area is 160 Å². The molecule has 0 amide bonds. The summed E-state index contributed by atoms with van der Waals surface area (Å²) in [6.07, 6.45) is 4.54. The van der Waals surface area contributed by atoms with E-state index >= 15 is 0 Å². The highest BCUT2D eigenvalue weighted by atomic mass is 79.9. The Bertz CT molecular complexity index is 853. The third-order valence-corrected chi connectivity index (χ3v) is 6.30. The first-order chi connectivity index (χ1) is 11.5. The van der Waals surface area contributed by atoms with Gasteiger partial charge in [0.2, 0.25) is 0 Å². The van der Waals surface area contributed by atoms with E-state index < -0.39 is 0 Å². The summed E-state index contributed by atoms with van der Waals surface area (Å²) in [6.45, 7) is 2.20. The molecule has 1 fully saturated rings. The van der Waals surface area contributed by atoms with Crippen molar-refractivity contribution in [2.24, 2.45) is 0 Å². The van der Waals surface area contributed by atoms with Crippen molar-refractivity contribution in [3.8, 4) is 5.75 Å². The third-order valence-electron chi connectivity index (χ3n) is 5.26. The summed E-state index contributed by atoms with van der Waals surface area (Å²) in [5, 5.41) is 1.27. The minimum atomic E-state index is 0.0985. The number of hydrogen-bond donors (Lipinski definition) is 0. The summed E-state index contributed by atoms with van der Waals surface area (Å²) in [5.41, 5.74) is 3.69. The van der Waals surface area contributed by atoms with Crippen LogP contribution in [0.2, 0.25) is 10.0 Å². The summed E-state index contributed by atoms with van der Waals surface area (Å²) in [4.78, 5) is 0. The summed E-state index contributed by atoms with van der Waals surface area (Å²) in [6, 6.07) is 12.0. The number of halogens is 3. The number of hydrogen-bond acceptors (Lipinski definition) is 1. The molecule has 0 atom stereocenters. The number of fused-ring (bicyclic) bond motifs is 2. The van der Waals surface area contributed by atoms with E-state index in [0.29, 0.717) is 10.0 Å². The van der Waals surface area contributed by atoms with E-state index in [1.807, 2.05) is 12.1 Å². The molecule has 0 unspecified atom stereocenters. The van der Waals surface area contributed by atoms with Crippen molar-refractivity contribution in [2.75, 3.05) is 0 Å². The molecule has 2 aliphatic rings. The molecule has 0 saturated heterocycles. The average molecular weight is 424 g/mol. The Morgan fingerprint density at radius 3 is 2.54 bits per heavy atom. The quantitative estimate of drug-likeness (QED) is 0.489. The van der Waals surface area contributed by atoms with E-state index in [2.05, 4.69) is 41.1 Å². The Morgan fingerprint density at radius 2 is 1.92 bits per heavy atom. The Morgan fingerprint density at radius 1 is 1.12 bits per heavy atom. The lowest BCUT2D eigenvalue weighted by molar-refractivity contribution is 0.264. The minimum Gasteiger partial charge on any atom is -0.456 e. The predicted octanol–water partition coefficient (Wildman–Crippen LogP) is 7.39. The molecule has 1 saturated carbocycles. The molecule has 1 nitrogen and oxygen atoms in total. The molecule has 1 heterocycles. The second-order valence-corrected chi connectivity index (χ2v) is 8.22. The van der Waals surface area contributed by atoms with Gasteiger partial charge in [-0.15, -0.1) is 0 Å². The zero-order chi connectivity index (χ0) is 16.9. The smallest absolute Gasteiger partial charge is 0.136 e. The van der Waals surface area contributed by atoms with E-state index in [-0.39, 0.29) is 5.41 Å². The molecule has 1 aliphatic heterocycles. The molecular formula is C20H17BrCl2O. The van der Waals surface area contributed by atoms with Crippen LogP contribution in [0, 0.1) is 0 Å². The maximum Gasteiger partial charge on any atom is 0.136 e. The lowest BCUT2D eigenvalue weighted by Gasteiger charge is -2.48. The topological polar surface area (TPSA) is 9.23 Å². The highest BCUT2D eigenvalue weighted by molar-refractivity contribution is 9.10. The first kappa shape index (κ1) is 16.5. The van der Waals surface area contributed by atoms with Crippen LogP contribution in [-0.4, -0.2) is 0 Å². The van der Waals surface area contributed by atoms with Gasteiger partial charge in [-0.2, -0.15) is 0 Å². The molecule has 1 aliphatic carbocycles. The van der Waals surface area contributed by atoms with Crippen molar-refractivity contribution in [1.29, 1.82) is 0 Å². The molecule has 2 aromatic carbocycles. The van der Waals surface area contributed by atoms with E-state index in [1.54, 1.807) is 6.07 Å². The molecule has 2 aromatic rings. The van der Waals surface area contributed by atoms with Crippen LogP contribution in [-0.2, 0) is 5.41 Å². The van der Waals surface area contributed by atoms with Gasteiger partial charge in [-0.25, -0.2) is 0 Å². The minimum absolute atomic E-state index is 0.0985. The molecular weight excluding hydrogens is 407 g/mol. The first-order valence-electron chi connectivity index (χ1n) is 8.22. The fraction of sp³-hybridized carbons (Fsp3) is 0.300. The molecule has 4 heteroatoms. The van der Waals surface area contributed by atoms with Crippen LogP contribution in [0.15, 0.2) is 46.4 Å². The molecule has 0 bridgehead atoms. The first-order valence-corrected chi connectivity index (χ1v) is 9.77. The van der Waals surface area contributed by atoms with Crippen LogP contribution >= 0.6 is 39.1 Å². The molecule has 4 rings (SSSR count). The van der Waals surface area contributed by atoms with Crippen molar-refractivity contribution in [1.82, 2.24) is 0 Å². The predicted molar refractivity (Wildman–Crippen MR) is 104 cm³/mol. The summed E-state index contributed by atoms with van der Waals surface area (Å²) in [7, 11) is 0. The maximum absolute atomic E-state index is 6.49. The van der Waals surface area contributed by atoms with Crippen LogP contribution in [0.4, 0.5) is 0 Å². The Hall–Kier alpha value is -0.960. The number of rotatable bonds is 2. The molecule has 0 radical (unpaired) electrons. The van der Waals surface area contributed by atoms with Crippen molar-refractivity contribution in [3.05, 3.63) is 67.6 Å². The van der Waals surface area contributed by atoms with E-state index in [1.165, 1.54) is 30.4 Å². The van der Waals surface area contributed by atoms with Gasteiger partial charge in [-0.1, -0.05) is 58.5 Å². The average Bonchev–Trinajstić information content (AvgIpc) is 2.51. The monoisotopic (exact) mass is 422 g/mol. The fourth-order valence-corrected chi connectivity index (χ4v) is 4.85. The van der Waals surface area contributed by atoms with Gasteiger partial charge < -0.3 is 4.74 Å². The van der Waals surface area contributed by atoms with Gasteiger partial charge in [0.15, 0.2) is 0 Å². The van der Waals surface area contributed by atoms with E-state index in [0.717, 1.165) is 28.0 Å². The van der Waals surface area contributed by atoms with Crippen LogP contribution in [0.25, 0.3) is 5.76 Å². The lowest BCUT2D eigenvalue weighted by Crippen LogP contribution is -2.39. The number of allylic oxidation sites excluding steroid dienone is 1. The number of benzene rings is 2. The summed E-state index contributed by atoms with van der Waals surface area (Å²) < 4.78 is 7.40. The van der Waals surface area contributed by atoms with Crippen LogP contribution in [0.1, 0.15) is 43.7 Å². The van der Waals surface area contributed by atoms with E-state index in [9.17, 15) is 0 Å². The second kappa shape index (κ2) is 6.09. The number of ether oxygens (including phenoxy) is 1. The van der Waals surface area contributed by atoms with Crippen LogP contribution in [0.5, 0.6) is 5.75 Å². The van der Waals surface area contributed by atoms with Gasteiger partial charge in [0.05, 0.1) is 5.02 Å². The van der Waals surface area contributed by atoms with Gasteiger partial charge in [-0.3, -0.25) is 0 Å². The SMILES string of the molecule is CCC1=C(c2ccc(Cl)cc2Cl)Oc2cc(Br)ccc2C12CCC2. The van der Waals surface area contributed by atoms with Crippen molar-refractivity contribution in [3.63, 3.8) is 0 Å². The zero-order valence-corrected chi connectivity index (χ0v) is 16.4.